The van der Waals surface area contributed by atoms with Gasteiger partial charge in [-0.25, -0.2) is 0 Å². The normalized spacial score (nSPS) is 3.00. The second-order valence-corrected chi connectivity index (χ2v) is 0.577. The van der Waals surface area contributed by atoms with Crippen LogP contribution in [0, 0.1) is 0 Å². The van der Waals surface area contributed by atoms with Crippen LogP contribution in [0.25, 0.3) is 0 Å². The van der Waals surface area contributed by atoms with Crippen molar-refractivity contribution in [3.63, 3.8) is 0 Å². The van der Waals surface area contributed by atoms with E-state index < -0.39 is 0 Å². The van der Waals surface area contributed by atoms with Gasteiger partial charge < -0.3 is 7.28 Å². The Bertz CT molecular complexity index is 13.5. The topological polar surface area (TPSA) is 0 Å². The summed E-state index contributed by atoms with van der Waals surface area (Å²) in [6.45, 7) is 4.00. The summed E-state index contributed by atoms with van der Waals surface area (Å²) in [7, 11) is 2.00. The maximum atomic E-state index is 2.00. The van der Waals surface area contributed by atoms with Gasteiger partial charge in [-0.2, -0.15) is 0 Å². The first-order valence-corrected chi connectivity index (χ1v) is 1.15. The van der Waals surface area contributed by atoms with E-state index in [0.717, 1.165) is 0 Å². The van der Waals surface area contributed by atoms with Crippen molar-refractivity contribution in [3.8, 4) is 0 Å². The second-order valence-electron chi connectivity index (χ2n) is 0.577. The van der Waals surface area contributed by atoms with Crippen molar-refractivity contribution < 1.29 is 39.9 Å². The molecule has 0 fully saturated rings. The van der Waals surface area contributed by atoms with E-state index in [1.54, 1.807) is 0 Å². The molecule has 0 aliphatic rings. The zero-order chi connectivity index (χ0) is 2.71. The molecule has 36 valence electrons. The molecular formula is C2H6BReRfRh-. The molecule has 0 atom stereocenters. The van der Waals surface area contributed by atoms with Crippen LogP contribution in [-0.4, -0.2) is 7.28 Å². The fraction of sp³-hybridized carbons (Fsp3) is 1.00. The molecular weight excluding hydrogens is 591 g/mol. The number of rotatable bonds is 0. The molecule has 0 saturated carbocycles. The van der Waals surface area contributed by atoms with Gasteiger partial charge in [-0.15, -0.1) is 0 Å². The van der Waals surface area contributed by atoms with Gasteiger partial charge in [0.2, 0.25) is 0 Å². The first kappa shape index (κ1) is 32.9. The van der Waals surface area contributed by atoms with Gasteiger partial charge in [0.15, 0.2) is 0 Å². The van der Waals surface area contributed by atoms with Crippen molar-refractivity contribution in [3.05, 3.63) is 0 Å². The van der Waals surface area contributed by atoms with Crippen LogP contribution in [0.4, 0.5) is 0 Å². The molecule has 4 heteroatoms. The maximum Gasteiger partial charge on any atom is 0 e. The van der Waals surface area contributed by atoms with E-state index in [9.17, 15) is 0 Å². The van der Waals surface area contributed by atoms with Gasteiger partial charge in [0.25, 0.3) is 0 Å². The Labute approximate surface area is 60.8 Å². The third kappa shape index (κ3) is 397. The molecule has 0 spiro atoms. The molecule has 0 unspecified atom stereocenters. The monoisotopic (exact) mass is 598 g/mol. The van der Waals surface area contributed by atoms with Crippen LogP contribution in [-0.2, 0) is 39.9 Å². The standard InChI is InChI=1S/C2H6B.Re.Rf.Rh/c1-3-2;;;/h1-2H3;;;/q-1;;;. The van der Waals surface area contributed by atoms with Gasteiger partial charge in [-0.05, 0) is 0 Å². The Hall–Kier alpha value is 0.351. The molecule has 0 heterocycles. The molecule has 0 N–H and O–H groups in total. The average Bonchev–Trinajstić information content (AvgIpc) is 0.918. The van der Waals surface area contributed by atoms with E-state index >= 15 is 0 Å². The van der Waals surface area contributed by atoms with E-state index in [0.29, 0.717) is 0 Å². The van der Waals surface area contributed by atoms with E-state index in [1.807, 2.05) is 20.9 Å². The van der Waals surface area contributed by atoms with Crippen LogP contribution in [0.5, 0.6) is 0 Å². The van der Waals surface area contributed by atoms with Crippen molar-refractivity contribution in [2.24, 2.45) is 0 Å². The van der Waals surface area contributed by atoms with Gasteiger partial charge in [0.05, 0.1) is 0 Å². The summed E-state index contributed by atoms with van der Waals surface area (Å²) in [5.74, 6) is 0. The molecule has 0 amide bonds. The maximum absolute atomic E-state index is 2.00. The average molecular weight is 597 g/mol. The predicted octanol–water partition coefficient (Wildman–Crippen LogP) is 0.782. The van der Waals surface area contributed by atoms with Gasteiger partial charge in [0, 0.05) is 39.9 Å². The van der Waals surface area contributed by atoms with Crippen molar-refractivity contribution in [2.45, 2.75) is 13.6 Å². The minimum Gasteiger partial charge on any atom is -0.345 e. The fourth-order valence-electron chi connectivity index (χ4n) is 0. The summed E-state index contributed by atoms with van der Waals surface area (Å²) < 4.78 is 0. The predicted molar refractivity (Wildman–Crippen MR) is 17.5 cm³/mol. The Morgan fingerprint density at radius 3 is 1.17 bits per heavy atom. The Balaban J connectivity index is -0.00000000667. The van der Waals surface area contributed by atoms with Gasteiger partial charge in [-0.1, -0.05) is 0 Å². The van der Waals surface area contributed by atoms with Gasteiger partial charge in [-0.3, -0.25) is 13.6 Å². The third-order valence-electron chi connectivity index (χ3n) is 0. The first-order valence-electron chi connectivity index (χ1n) is 1.15. The van der Waals surface area contributed by atoms with Crippen LogP contribution in [0.3, 0.4) is 0 Å². The summed E-state index contributed by atoms with van der Waals surface area (Å²) in [6, 6.07) is 0. The minimum atomic E-state index is 0. The van der Waals surface area contributed by atoms with Crippen LogP contribution in [0.1, 0.15) is 0 Å². The van der Waals surface area contributed by atoms with Crippen molar-refractivity contribution in [2.75, 3.05) is 0 Å². The van der Waals surface area contributed by atoms with Crippen LogP contribution in [0.2, 0.25) is 13.6 Å². The second kappa shape index (κ2) is 55.5. The molecule has 0 aromatic heterocycles. The third-order valence-corrected chi connectivity index (χ3v) is 0. The van der Waals surface area contributed by atoms with Crippen LogP contribution < -0.4 is 0 Å². The molecule has 0 bridgehead atoms. The number of hydrogen-bond acceptors (Lipinski definition) is 0. The largest absolute Gasteiger partial charge is 0.345 e. The summed E-state index contributed by atoms with van der Waals surface area (Å²) in [4.78, 5) is 0. The van der Waals surface area contributed by atoms with Crippen LogP contribution in [0.15, 0.2) is 0 Å². The molecule has 0 aliphatic carbocycles. The first-order chi connectivity index (χ1) is 1.41. The zero-order valence-electron chi connectivity index (χ0n) is 4.00. The van der Waals surface area contributed by atoms with Crippen molar-refractivity contribution in [1.29, 1.82) is 0 Å². The summed E-state index contributed by atoms with van der Waals surface area (Å²) in [6.07, 6.45) is 0. The quantitative estimate of drug-likeness (QED) is 0.363. The molecule has 0 rings (SSSR count). The summed E-state index contributed by atoms with van der Waals surface area (Å²) >= 11 is 0. The molecule has 6 heavy (non-hydrogen) atoms. The summed E-state index contributed by atoms with van der Waals surface area (Å²) in [5.41, 5.74) is 0. The van der Waals surface area contributed by atoms with E-state index in [4.69, 9.17) is 0 Å². The zero-order valence-corrected chi connectivity index (χ0v) is 14.7. The SMILES string of the molecule is C[B-]C.[Re].[Rf].[Rh]. The van der Waals surface area contributed by atoms with Gasteiger partial charge >= 0.3 is 0 Å². The molecule has 0 saturated heterocycles. The fourth-order valence-corrected chi connectivity index (χ4v) is 0. The number of hydrogen-bond donors (Lipinski definition) is 0. The Morgan fingerprint density at radius 1 is 1.17 bits per heavy atom. The van der Waals surface area contributed by atoms with E-state index in [2.05, 4.69) is 0 Å². The molecule has 0 aromatic carbocycles. The Morgan fingerprint density at radius 2 is 1.17 bits per heavy atom. The molecule has 0 nitrogen and oxygen atoms in total. The van der Waals surface area contributed by atoms with Crippen LogP contribution >= 0.6 is 0 Å². The molecule has 0 aliphatic heterocycles. The van der Waals surface area contributed by atoms with Crippen molar-refractivity contribution in [1.82, 2.24) is 0 Å². The minimum absolute atomic E-state index is 0. The Kier molecular flexibility index (Phi) is 304. The van der Waals surface area contributed by atoms with Crippen molar-refractivity contribution >= 4 is 7.28 Å². The summed E-state index contributed by atoms with van der Waals surface area (Å²) in [5, 5.41) is 0. The van der Waals surface area contributed by atoms with E-state index in [1.165, 1.54) is 0 Å². The van der Waals surface area contributed by atoms with E-state index in [-0.39, 0.29) is 39.9 Å². The molecule has 0 aromatic rings. The molecule has 4 radical (unpaired) electrons. The van der Waals surface area contributed by atoms with Gasteiger partial charge in [0.1, 0.15) is 0 Å². The smallest absolute Gasteiger partial charge is 0 e.